The number of alkyl carbamates (subject to hydrolysis) is 1. The van der Waals surface area contributed by atoms with Crippen molar-refractivity contribution in [3.05, 3.63) is 71.4 Å². The van der Waals surface area contributed by atoms with E-state index in [9.17, 15) is 24.3 Å². The third kappa shape index (κ3) is 6.84. The van der Waals surface area contributed by atoms with E-state index >= 15 is 0 Å². The molecule has 4 aromatic rings. The summed E-state index contributed by atoms with van der Waals surface area (Å²) in [6, 6.07) is 12.1. The van der Waals surface area contributed by atoms with E-state index in [2.05, 4.69) is 27.1 Å². The fraction of sp³-hybridized carbons (Fsp3) is 0.476. The molecule has 8 atom stereocenters. The first-order chi connectivity index (χ1) is 26.8. The van der Waals surface area contributed by atoms with Gasteiger partial charge in [-0.1, -0.05) is 51.7 Å². The average molecular weight is 761 g/mol. The molecule has 0 unspecified atom stereocenters. The number of hydrogen-bond donors (Lipinski definition) is 4. The van der Waals surface area contributed by atoms with Gasteiger partial charge in [0.05, 0.1) is 35.9 Å². The Bertz CT molecular complexity index is 2250. The molecular weight excluding hydrogens is 713 g/mol. The number of fused-ring (bicyclic) bond motifs is 3. The number of nitrogens with zero attached hydrogens (tertiary/aromatic N) is 5. The molecule has 2 aromatic carbocycles. The van der Waals surface area contributed by atoms with E-state index in [-0.39, 0.29) is 47.8 Å². The second-order valence-corrected chi connectivity index (χ2v) is 16.4. The molecule has 4 fully saturated rings. The summed E-state index contributed by atoms with van der Waals surface area (Å²) in [5.74, 6) is 8.24. The maximum atomic E-state index is 13.8. The van der Waals surface area contributed by atoms with Crippen LogP contribution >= 0.6 is 0 Å². The third-order valence-electron chi connectivity index (χ3n) is 12.0. The van der Waals surface area contributed by atoms with Crippen LogP contribution in [0.2, 0.25) is 0 Å². The summed E-state index contributed by atoms with van der Waals surface area (Å²) >= 11 is 0. The molecule has 0 spiro atoms. The lowest BCUT2D eigenvalue weighted by molar-refractivity contribution is -0.140. The van der Waals surface area contributed by atoms with Gasteiger partial charge in [0.15, 0.2) is 0 Å². The molecule has 0 bridgehead atoms. The Morgan fingerprint density at radius 2 is 1.48 bits per heavy atom. The zero-order valence-corrected chi connectivity index (χ0v) is 32.4. The average Bonchev–Trinajstić information content (AvgIpc) is 3.80. The summed E-state index contributed by atoms with van der Waals surface area (Å²) in [5, 5.41) is 12.4. The van der Waals surface area contributed by atoms with Crippen molar-refractivity contribution in [3.8, 4) is 23.1 Å². The fourth-order valence-corrected chi connectivity index (χ4v) is 8.85. The van der Waals surface area contributed by atoms with E-state index < -0.39 is 24.3 Å². The number of aromatic amines is 2. The van der Waals surface area contributed by atoms with Gasteiger partial charge in [-0.3, -0.25) is 14.5 Å². The molecule has 2 aliphatic carbocycles. The molecule has 2 saturated carbocycles. The number of benzene rings is 2. The zero-order valence-electron chi connectivity index (χ0n) is 32.4. The van der Waals surface area contributed by atoms with Crippen molar-refractivity contribution in [3.63, 3.8) is 0 Å². The minimum Gasteiger partial charge on any atom is -0.465 e. The number of methoxy groups -OCH3 is 1. The number of rotatable bonds is 9. The maximum Gasteiger partial charge on any atom is 0.407 e. The molecule has 2 aromatic heterocycles. The number of amides is 4. The van der Waals surface area contributed by atoms with Crippen LogP contribution in [-0.4, -0.2) is 102 Å². The number of likely N-dealkylation sites (tertiary alicyclic amines) is 2. The second kappa shape index (κ2) is 14.3. The Balaban J connectivity index is 0.950. The topological polar surface area (TPSA) is 177 Å². The maximum absolute atomic E-state index is 13.8. The van der Waals surface area contributed by atoms with Crippen molar-refractivity contribution in [2.24, 2.45) is 23.7 Å². The van der Waals surface area contributed by atoms with Crippen LogP contribution in [0, 0.1) is 35.5 Å². The molecule has 4 heterocycles. The van der Waals surface area contributed by atoms with E-state index in [1.807, 2.05) is 86.2 Å². The van der Waals surface area contributed by atoms with Crippen molar-refractivity contribution < 1.29 is 29.0 Å². The van der Waals surface area contributed by atoms with Crippen molar-refractivity contribution >= 4 is 35.0 Å². The first-order valence-corrected chi connectivity index (χ1v) is 19.4. The van der Waals surface area contributed by atoms with Crippen LogP contribution in [0.25, 0.3) is 22.3 Å². The third-order valence-corrected chi connectivity index (χ3v) is 12.0. The number of ether oxygens (including phenoxy) is 1. The van der Waals surface area contributed by atoms with Gasteiger partial charge in [0.25, 0.3) is 0 Å². The molecule has 2 aliphatic heterocycles. The summed E-state index contributed by atoms with van der Waals surface area (Å²) < 4.78 is 4.78. The highest BCUT2D eigenvalue weighted by Crippen LogP contribution is 2.54. The summed E-state index contributed by atoms with van der Waals surface area (Å²) in [7, 11) is 2.76. The molecule has 4 amide bonds. The van der Waals surface area contributed by atoms with Crippen molar-refractivity contribution in [1.29, 1.82) is 0 Å². The fourth-order valence-electron chi connectivity index (χ4n) is 8.85. The largest absolute Gasteiger partial charge is 0.465 e. The Hall–Kier alpha value is -5.84. The minimum atomic E-state index is -1.12. The molecule has 4 aliphatic rings. The predicted octanol–water partition coefficient (Wildman–Crippen LogP) is 5.69. The number of H-pyrrole nitrogens is 2. The monoisotopic (exact) mass is 760 g/mol. The highest BCUT2D eigenvalue weighted by molar-refractivity contribution is 5.88. The summed E-state index contributed by atoms with van der Waals surface area (Å²) in [4.78, 5) is 72.9. The van der Waals surface area contributed by atoms with Crippen LogP contribution in [-0.2, 0) is 14.3 Å². The van der Waals surface area contributed by atoms with E-state index in [4.69, 9.17) is 14.7 Å². The Kier molecular flexibility index (Phi) is 9.50. The number of nitrogens with one attached hydrogen (secondary N) is 3. The van der Waals surface area contributed by atoms with Gasteiger partial charge in [-0.15, -0.1) is 0 Å². The lowest BCUT2D eigenvalue weighted by Crippen LogP contribution is -2.52. The molecule has 4 N–H and O–H groups in total. The van der Waals surface area contributed by atoms with Crippen LogP contribution < -0.4 is 5.32 Å². The van der Waals surface area contributed by atoms with Crippen molar-refractivity contribution in [1.82, 2.24) is 40.0 Å². The van der Waals surface area contributed by atoms with Crippen molar-refractivity contribution in [2.75, 3.05) is 14.2 Å². The van der Waals surface area contributed by atoms with E-state index in [0.717, 1.165) is 69.8 Å². The Morgan fingerprint density at radius 3 is 2.11 bits per heavy atom. The highest BCUT2D eigenvalue weighted by Gasteiger charge is 2.57. The van der Waals surface area contributed by atoms with Gasteiger partial charge in [0.2, 0.25) is 11.8 Å². The van der Waals surface area contributed by atoms with Crippen LogP contribution in [0.3, 0.4) is 0 Å². The van der Waals surface area contributed by atoms with Gasteiger partial charge >= 0.3 is 12.2 Å². The minimum absolute atomic E-state index is 0.105. The summed E-state index contributed by atoms with van der Waals surface area (Å²) in [5.41, 5.74) is 4.94. The summed E-state index contributed by atoms with van der Waals surface area (Å²) in [6.07, 6.45) is 3.66. The van der Waals surface area contributed by atoms with Gasteiger partial charge in [-0.25, -0.2) is 19.6 Å². The number of aromatic nitrogens is 4. The number of carbonyl (C=O) groups is 4. The van der Waals surface area contributed by atoms with Crippen LogP contribution in [0.1, 0.15) is 88.2 Å². The number of imidazole rings is 2. The SMILES string of the molecule is COC(=O)N[C@H](C(=O)N1[C@@H]2C[C@@H]2C[C@H]1c1nc(-c2ccc(C#Cc3ccc4[nH]c([C@@H]5C[C@H]6C[C@H]6N5C(=O)[C@H](C(C)C)N(C)C(=O)O)nc4c3)cc2)c[nH]1)C(C)C. The molecule has 292 valence electrons. The number of piperidine rings is 2. The smallest absolute Gasteiger partial charge is 0.407 e. The summed E-state index contributed by atoms with van der Waals surface area (Å²) in [6.45, 7) is 7.57. The van der Waals surface area contributed by atoms with E-state index in [1.54, 1.807) is 0 Å². The normalized spacial score (nSPS) is 24.3. The number of carbonyl (C=O) groups excluding carboxylic acids is 3. The van der Waals surface area contributed by atoms with Crippen LogP contribution in [0.15, 0.2) is 48.7 Å². The van der Waals surface area contributed by atoms with Gasteiger partial charge < -0.3 is 34.9 Å². The van der Waals surface area contributed by atoms with Crippen LogP contribution in [0.5, 0.6) is 0 Å². The number of hydrogen-bond acceptors (Lipinski definition) is 7. The lowest BCUT2D eigenvalue weighted by Gasteiger charge is -2.35. The first kappa shape index (κ1) is 37.1. The van der Waals surface area contributed by atoms with Gasteiger partial charge in [0, 0.05) is 42.0 Å². The molecule has 14 heteroatoms. The van der Waals surface area contributed by atoms with E-state index in [0.29, 0.717) is 17.7 Å². The highest BCUT2D eigenvalue weighted by atomic mass is 16.5. The molecule has 0 radical (unpaired) electrons. The van der Waals surface area contributed by atoms with Gasteiger partial charge in [-0.2, -0.15) is 0 Å². The van der Waals surface area contributed by atoms with Crippen molar-refractivity contribution in [2.45, 2.75) is 89.6 Å². The predicted molar refractivity (Wildman–Crippen MR) is 207 cm³/mol. The zero-order chi connectivity index (χ0) is 39.6. The van der Waals surface area contributed by atoms with Gasteiger partial charge in [0.1, 0.15) is 23.7 Å². The molecular formula is C42H48N8O6. The first-order valence-electron chi connectivity index (χ1n) is 19.4. The number of carboxylic acid groups (broad SMARTS) is 1. The van der Waals surface area contributed by atoms with Gasteiger partial charge in [-0.05, 0) is 79.7 Å². The molecule has 14 nitrogen and oxygen atoms in total. The Morgan fingerprint density at radius 1 is 0.857 bits per heavy atom. The quantitative estimate of drug-likeness (QED) is 0.157. The van der Waals surface area contributed by atoms with Crippen LogP contribution in [0.4, 0.5) is 9.59 Å². The Labute approximate surface area is 325 Å². The molecule has 8 rings (SSSR count). The molecule has 56 heavy (non-hydrogen) atoms. The standard InChI is InChI=1S/C42H48N8O6/c1-21(2)35(47-41(53)56-6)39(51)49-31-16-26(31)18-33(49)37-43-20-30(46-37)25-12-9-23(10-13-25)7-8-24-11-14-28-29(15-24)45-38(44-28)34-19-27-17-32(27)50(34)40(52)36(22(3)4)48(5)42(54)55/h9-15,20-22,26-27,31-36H,16-19H2,1-6H3,(H,43,46)(H,44,45)(H,47,53)(H,54,55)/t26-,27-,31-,32-,33+,34+,35+,36+/m1/s1. The second-order valence-electron chi connectivity index (χ2n) is 16.4. The number of likely N-dealkylation sites (N-methyl/N-ethyl adjacent to an activating group) is 1. The van der Waals surface area contributed by atoms with E-state index in [1.165, 1.54) is 14.2 Å². The lowest BCUT2D eigenvalue weighted by atomic mass is 10.0. The molecule has 2 saturated heterocycles.